The number of fused-ring (bicyclic) bond motifs is 4. The number of nitrogens with zero attached hydrogens (tertiary/aromatic N) is 8. The summed E-state index contributed by atoms with van der Waals surface area (Å²) in [4.78, 5) is 39.0. The number of aromatic nitrogens is 8. The number of hydrogen-bond acceptors (Lipinski definition) is 8. The molecule has 0 saturated heterocycles. The number of para-hydroxylation sites is 1. The molecule has 15 heteroatoms. The average Bonchev–Trinajstić information content (AvgIpc) is 4.17. The largest absolute Gasteiger partial charge is 0.364 e. The maximum Gasteiger partial charge on any atom is 0.125 e. The number of aromatic amines is 4. The zero-order valence-electron chi connectivity index (χ0n) is 36.5. The van der Waals surface area contributed by atoms with Gasteiger partial charge in [0, 0.05) is 113 Å². The summed E-state index contributed by atoms with van der Waals surface area (Å²) in [6.07, 6.45) is 20.1. The third-order valence-electron chi connectivity index (χ3n) is 12.3. The van der Waals surface area contributed by atoms with Gasteiger partial charge in [-0.1, -0.05) is 76.4 Å². The second kappa shape index (κ2) is 20.9. The first kappa shape index (κ1) is 44.2. The molecule has 12 rings (SSSR count). The van der Waals surface area contributed by atoms with Crippen molar-refractivity contribution in [3.63, 3.8) is 0 Å². The molecule has 0 spiro atoms. The number of hydrogen-bond donors (Lipinski definition) is 4. The Bertz CT molecular complexity index is 2700. The second-order valence-electron chi connectivity index (χ2n) is 16.4. The molecule has 4 aromatic heterocycles. The summed E-state index contributed by atoms with van der Waals surface area (Å²) in [6.45, 7) is 9.84. The number of halogens is 3. The number of benzene rings is 4. The molecule has 4 aromatic carbocycles. The predicted octanol–water partition coefficient (Wildman–Crippen LogP) is 10.5. The highest BCUT2D eigenvalue weighted by Gasteiger charge is 2.24. The molecule has 0 bridgehead atoms. The fraction of sp³-hybridized carbons (Fsp3) is 0.280. The highest BCUT2D eigenvalue weighted by molar-refractivity contribution is 9.10. The molecule has 8 aromatic rings. The van der Waals surface area contributed by atoms with E-state index >= 15 is 0 Å². The Morgan fingerprint density at radius 1 is 0.523 bits per heavy atom. The maximum atomic E-state index is 6.17. The molecular formula is C50H53BrCl2N12. The van der Waals surface area contributed by atoms with Crippen LogP contribution in [0.2, 0.25) is 10.0 Å². The van der Waals surface area contributed by atoms with Crippen molar-refractivity contribution in [1.82, 2.24) is 39.9 Å². The quantitative estimate of drug-likeness (QED) is 0.113. The molecule has 4 aliphatic heterocycles. The zero-order chi connectivity index (χ0) is 44.5. The summed E-state index contributed by atoms with van der Waals surface area (Å²) < 4.78 is 1.16. The summed E-state index contributed by atoms with van der Waals surface area (Å²) in [7, 11) is 0. The molecule has 65 heavy (non-hydrogen) atoms. The molecule has 0 fully saturated rings. The Balaban J connectivity index is 0.000000109. The van der Waals surface area contributed by atoms with Crippen LogP contribution in [0.4, 0.5) is 22.7 Å². The summed E-state index contributed by atoms with van der Waals surface area (Å²) >= 11 is 15.7. The highest BCUT2D eigenvalue weighted by atomic mass is 79.9. The van der Waals surface area contributed by atoms with Crippen LogP contribution in [-0.2, 0) is 58.3 Å². The minimum Gasteiger partial charge on any atom is -0.364 e. The van der Waals surface area contributed by atoms with Crippen LogP contribution in [0.5, 0.6) is 0 Å². The Morgan fingerprint density at radius 3 is 1.68 bits per heavy atom. The van der Waals surface area contributed by atoms with E-state index in [4.69, 9.17) is 23.2 Å². The molecule has 0 saturated carbocycles. The molecule has 8 heterocycles. The number of nitrogens with one attached hydrogen (secondary N) is 4. The lowest BCUT2D eigenvalue weighted by Crippen LogP contribution is -2.21. The summed E-state index contributed by atoms with van der Waals surface area (Å²) in [5, 5.41) is 1.67. The van der Waals surface area contributed by atoms with Crippen LogP contribution in [0.1, 0.15) is 58.0 Å². The molecule has 4 aliphatic rings. The van der Waals surface area contributed by atoms with Crippen LogP contribution < -0.4 is 19.6 Å². The van der Waals surface area contributed by atoms with Crippen LogP contribution in [0, 0.1) is 0 Å². The normalized spacial score (nSPS) is 14.2. The monoisotopic (exact) mass is 970 g/mol. The van der Waals surface area contributed by atoms with Crippen LogP contribution in [-0.4, -0.2) is 66.1 Å². The standard InChI is InChI=1S/C14H17N3.C12H12BrN3.2C12H12ClN3/c1-2-11-4-3-5-12-6-9-17(14(11)12)10-13-15-7-8-16-13;13-10-1-2-11-9(7-10)3-6-16(11)8-12-14-4-5-15-12;13-10-2-1-9-3-6-16(11(9)7-10)8-12-14-4-5-15-12;13-10-2-1-3-11-9(10)4-7-16(11)8-12-14-5-6-15-12/h3-5,7-8H,2,6,9-10H2,1H3,(H,15,16);2*1-2,4-5,7H,3,6,8H2,(H,14,15);1-3,5-6H,4,7-8H2,(H,14,15). The van der Waals surface area contributed by atoms with Crippen LogP contribution >= 0.6 is 39.1 Å². The van der Waals surface area contributed by atoms with E-state index in [-0.39, 0.29) is 0 Å². The van der Waals surface area contributed by atoms with Gasteiger partial charge in [-0.05, 0) is 102 Å². The van der Waals surface area contributed by atoms with Crippen molar-refractivity contribution in [2.75, 3.05) is 45.8 Å². The third-order valence-corrected chi connectivity index (χ3v) is 13.4. The van der Waals surface area contributed by atoms with Gasteiger partial charge < -0.3 is 39.5 Å². The topological polar surface area (TPSA) is 128 Å². The van der Waals surface area contributed by atoms with E-state index in [9.17, 15) is 0 Å². The first-order chi connectivity index (χ1) is 31.9. The first-order valence-electron chi connectivity index (χ1n) is 22.3. The molecule has 0 atom stereocenters. The van der Waals surface area contributed by atoms with E-state index in [0.29, 0.717) is 0 Å². The lowest BCUT2D eigenvalue weighted by Gasteiger charge is -2.20. The van der Waals surface area contributed by atoms with Gasteiger partial charge in [0.05, 0.1) is 26.2 Å². The molecular weight excluding hydrogens is 919 g/mol. The highest BCUT2D eigenvalue weighted by Crippen LogP contribution is 2.36. The minimum atomic E-state index is 0.796. The molecule has 4 N–H and O–H groups in total. The lowest BCUT2D eigenvalue weighted by molar-refractivity contribution is 0.794. The molecule has 0 aliphatic carbocycles. The third kappa shape index (κ3) is 10.8. The van der Waals surface area contributed by atoms with Crippen molar-refractivity contribution in [1.29, 1.82) is 0 Å². The number of H-pyrrole nitrogens is 4. The van der Waals surface area contributed by atoms with Gasteiger partial charge in [0.25, 0.3) is 0 Å². The summed E-state index contributed by atoms with van der Waals surface area (Å²) in [5.74, 6) is 4.06. The molecule has 334 valence electrons. The van der Waals surface area contributed by atoms with E-state index in [1.54, 1.807) is 18.6 Å². The Labute approximate surface area is 398 Å². The van der Waals surface area contributed by atoms with Gasteiger partial charge in [-0.2, -0.15) is 0 Å². The summed E-state index contributed by atoms with van der Waals surface area (Å²) in [6, 6.07) is 25.3. The minimum absolute atomic E-state index is 0.796. The maximum absolute atomic E-state index is 6.17. The van der Waals surface area contributed by atoms with Gasteiger partial charge >= 0.3 is 0 Å². The number of anilines is 4. The number of aryl methyl sites for hydroxylation is 1. The molecule has 0 unspecified atom stereocenters. The zero-order valence-corrected chi connectivity index (χ0v) is 39.5. The van der Waals surface area contributed by atoms with Crippen molar-refractivity contribution < 1.29 is 0 Å². The van der Waals surface area contributed by atoms with Crippen LogP contribution in [0.3, 0.4) is 0 Å². The SMILES string of the molecule is Brc1ccc2c(c1)CCN2Cc1ncc[nH]1.CCc1cccc2c1N(Cc1ncc[nH]1)CC2.Clc1ccc2c(c1)N(Cc1ncc[nH]1)CC2.Clc1cccc2c1CCN2Cc1ncc[nH]1. The van der Waals surface area contributed by atoms with Gasteiger partial charge in [0.15, 0.2) is 0 Å². The van der Waals surface area contributed by atoms with Crippen molar-refractivity contribution >= 4 is 61.9 Å². The van der Waals surface area contributed by atoms with Crippen molar-refractivity contribution in [2.45, 2.75) is 65.2 Å². The molecule has 0 radical (unpaired) electrons. The Hall–Kier alpha value is -6.02. The van der Waals surface area contributed by atoms with Gasteiger partial charge in [-0.15, -0.1) is 0 Å². The van der Waals surface area contributed by atoms with Crippen molar-refractivity contribution in [3.05, 3.63) is 188 Å². The Morgan fingerprint density at radius 2 is 1.06 bits per heavy atom. The van der Waals surface area contributed by atoms with E-state index in [0.717, 1.165) is 122 Å². The van der Waals surface area contributed by atoms with Crippen molar-refractivity contribution in [3.8, 4) is 0 Å². The second-order valence-corrected chi connectivity index (χ2v) is 18.2. The number of imidazole rings is 4. The van der Waals surface area contributed by atoms with E-state index in [2.05, 4.69) is 131 Å². The van der Waals surface area contributed by atoms with Gasteiger partial charge in [-0.3, -0.25) is 0 Å². The van der Waals surface area contributed by atoms with Crippen molar-refractivity contribution in [2.24, 2.45) is 0 Å². The van der Waals surface area contributed by atoms with Crippen LogP contribution in [0.25, 0.3) is 0 Å². The smallest absolute Gasteiger partial charge is 0.125 e. The molecule has 12 nitrogen and oxygen atoms in total. The van der Waals surface area contributed by atoms with E-state index in [1.165, 1.54) is 50.6 Å². The number of rotatable bonds is 9. The Kier molecular flexibility index (Phi) is 14.2. The van der Waals surface area contributed by atoms with Crippen LogP contribution in [0.15, 0.2) is 127 Å². The molecule has 0 amide bonds. The predicted molar refractivity (Wildman–Crippen MR) is 266 cm³/mol. The van der Waals surface area contributed by atoms with Gasteiger partial charge in [0.1, 0.15) is 23.3 Å². The summed E-state index contributed by atoms with van der Waals surface area (Å²) in [5.41, 5.74) is 12.2. The average molecular weight is 973 g/mol. The van der Waals surface area contributed by atoms with Gasteiger partial charge in [0.2, 0.25) is 0 Å². The first-order valence-corrected chi connectivity index (χ1v) is 23.8. The van der Waals surface area contributed by atoms with Gasteiger partial charge in [-0.25, -0.2) is 19.9 Å². The van der Waals surface area contributed by atoms with E-state index in [1.807, 2.05) is 55.2 Å². The fourth-order valence-electron chi connectivity index (χ4n) is 9.13. The fourth-order valence-corrected chi connectivity index (χ4v) is 9.97. The van der Waals surface area contributed by atoms with E-state index < -0.39 is 0 Å². The lowest BCUT2D eigenvalue weighted by atomic mass is 10.1.